The average Bonchev–Trinajstić information content (AvgIpc) is 2.04. The summed E-state index contributed by atoms with van der Waals surface area (Å²) in [7, 11) is 0. The summed E-state index contributed by atoms with van der Waals surface area (Å²) in [6, 6.07) is 4.62. The topological polar surface area (TPSA) is 37.3 Å². The summed E-state index contributed by atoms with van der Waals surface area (Å²) in [5.41, 5.74) is 0.593. The van der Waals surface area contributed by atoms with E-state index < -0.39 is 0 Å². The maximum absolute atomic E-state index is 10.4. The number of phenols is 1. The van der Waals surface area contributed by atoms with Gasteiger partial charge in [-0.2, -0.15) is 0 Å². The van der Waals surface area contributed by atoms with E-state index in [1.54, 1.807) is 12.1 Å². The lowest BCUT2D eigenvalue weighted by Gasteiger charge is -1.97. The first-order valence-electron chi connectivity index (χ1n) is 3.03. The SMILES string of the molecule is C#Cc1cccc(O)c1C=O. The van der Waals surface area contributed by atoms with Gasteiger partial charge >= 0.3 is 0 Å². The summed E-state index contributed by atoms with van der Waals surface area (Å²) in [4.78, 5) is 10.4. The van der Waals surface area contributed by atoms with Gasteiger partial charge in [0.25, 0.3) is 0 Å². The third-order valence-corrected chi connectivity index (χ3v) is 1.36. The molecule has 0 fully saturated rings. The first kappa shape index (κ1) is 7.36. The zero-order valence-electron chi connectivity index (χ0n) is 5.74. The second-order valence-corrected chi connectivity index (χ2v) is 2.00. The molecule has 0 saturated carbocycles. The molecule has 0 aliphatic rings. The van der Waals surface area contributed by atoms with Crippen molar-refractivity contribution >= 4 is 6.29 Å². The molecule has 1 N–H and O–H groups in total. The van der Waals surface area contributed by atoms with E-state index in [-0.39, 0.29) is 11.3 Å². The van der Waals surface area contributed by atoms with Crippen molar-refractivity contribution < 1.29 is 9.90 Å². The number of hydrogen-bond acceptors (Lipinski definition) is 2. The summed E-state index contributed by atoms with van der Waals surface area (Å²) in [5, 5.41) is 9.10. The third kappa shape index (κ3) is 1.22. The van der Waals surface area contributed by atoms with Gasteiger partial charge in [-0.25, -0.2) is 0 Å². The minimum Gasteiger partial charge on any atom is -0.507 e. The van der Waals surface area contributed by atoms with Gasteiger partial charge in [-0.05, 0) is 12.1 Å². The summed E-state index contributed by atoms with van der Waals surface area (Å²) in [5.74, 6) is 2.22. The molecule has 0 radical (unpaired) electrons. The molecular formula is C9H6O2. The number of rotatable bonds is 1. The minimum absolute atomic E-state index is 0.0737. The van der Waals surface area contributed by atoms with Crippen LogP contribution in [0.5, 0.6) is 5.75 Å². The standard InChI is InChI=1S/C9H6O2/c1-2-7-4-3-5-9(11)8(7)6-10/h1,3-6,11H. The van der Waals surface area contributed by atoms with E-state index in [1.807, 2.05) is 0 Å². The van der Waals surface area contributed by atoms with Gasteiger partial charge in [0.1, 0.15) is 5.75 Å². The molecule has 0 aliphatic heterocycles. The van der Waals surface area contributed by atoms with Gasteiger partial charge in [-0.3, -0.25) is 4.79 Å². The van der Waals surface area contributed by atoms with Crippen LogP contribution in [0.3, 0.4) is 0 Å². The summed E-state index contributed by atoms with van der Waals surface area (Å²) in [6.45, 7) is 0. The predicted octanol–water partition coefficient (Wildman–Crippen LogP) is 1.19. The number of benzene rings is 1. The maximum Gasteiger partial charge on any atom is 0.155 e. The Kier molecular flexibility index (Phi) is 1.93. The molecule has 0 saturated heterocycles. The van der Waals surface area contributed by atoms with Gasteiger partial charge in [0.05, 0.1) is 5.56 Å². The van der Waals surface area contributed by atoms with Gasteiger partial charge in [0.2, 0.25) is 0 Å². The Morgan fingerprint density at radius 2 is 2.27 bits per heavy atom. The molecule has 0 amide bonds. The molecule has 0 atom stereocenters. The van der Waals surface area contributed by atoms with E-state index >= 15 is 0 Å². The molecule has 2 heteroatoms. The first-order chi connectivity index (χ1) is 5.29. The molecule has 1 aromatic rings. The summed E-state index contributed by atoms with van der Waals surface area (Å²) in [6.07, 6.45) is 5.62. The number of aromatic hydroxyl groups is 1. The number of carbonyl (C=O) groups is 1. The number of terminal acetylenes is 1. The number of aldehydes is 1. The highest BCUT2D eigenvalue weighted by Crippen LogP contribution is 2.17. The van der Waals surface area contributed by atoms with Crippen molar-refractivity contribution in [3.05, 3.63) is 29.3 Å². The fourth-order valence-electron chi connectivity index (χ4n) is 0.803. The van der Waals surface area contributed by atoms with E-state index in [0.717, 1.165) is 0 Å². The van der Waals surface area contributed by atoms with E-state index in [0.29, 0.717) is 11.8 Å². The predicted molar refractivity (Wildman–Crippen MR) is 41.4 cm³/mol. The van der Waals surface area contributed by atoms with Gasteiger partial charge in [-0.15, -0.1) is 6.42 Å². The molecule has 11 heavy (non-hydrogen) atoms. The van der Waals surface area contributed by atoms with Gasteiger partial charge in [-0.1, -0.05) is 12.0 Å². The van der Waals surface area contributed by atoms with E-state index in [2.05, 4.69) is 5.92 Å². The van der Waals surface area contributed by atoms with Gasteiger partial charge in [0.15, 0.2) is 6.29 Å². The minimum atomic E-state index is -0.0737. The monoisotopic (exact) mass is 146 g/mol. The summed E-state index contributed by atoms with van der Waals surface area (Å²) >= 11 is 0. The largest absolute Gasteiger partial charge is 0.507 e. The van der Waals surface area contributed by atoms with Crippen LogP contribution < -0.4 is 0 Å². The van der Waals surface area contributed by atoms with Crippen LogP contribution in [0.4, 0.5) is 0 Å². The molecule has 0 aliphatic carbocycles. The van der Waals surface area contributed by atoms with E-state index in [9.17, 15) is 4.79 Å². The quantitative estimate of drug-likeness (QED) is 0.477. The maximum atomic E-state index is 10.4. The van der Waals surface area contributed by atoms with Crippen LogP contribution in [-0.4, -0.2) is 11.4 Å². The lowest BCUT2D eigenvalue weighted by atomic mass is 10.1. The second-order valence-electron chi connectivity index (χ2n) is 2.00. The highest BCUT2D eigenvalue weighted by Gasteiger charge is 2.02. The third-order valence-electron chi connectivity index (χ3n) is 1.36. The number of carbonyl (C=O) groups excluding carboxylic acids is 1. The van der Waals surface area contributed by atoms with Gasteiger partial charge in [0, 0.05) is 5.56 Å². The normalized spacial score (nSPS) is 8.64. The van der Waals surface area contributed by atoms with Crippen LogP contribution in [-0.2, 0) is 0 Å². The molecule has 54 valence electrons. The zero-order chi connectivity index (χ0) is 8.27. The van der Waals surface area contributed by atoms with E-state index in [4.69, 9.17) is 11.5 Å². The van der Waals surface area contributed by atoms with E-state index in [1.165, 1.54) is 6.07 Å². The highest BCUT2D eigenvalue weighted by molar-refractivity contribution is 5.83. The van der Waals surface area contributed by atoms with Crippen LogP contribution in [0.15, 0.2) is 18.2 Å². The van der Waals surface area contributed by atoms with Crippen molar-refractivity contribution in [1.29, 1.82) is 0 Å². The summed E-state index contributed by atoms with van der Waals surface area (Å²) < 4.78 is 0. The Bertz CT molecular complexity index is 321. The highest BCUT2D eigenvalue weighted by atomic mass is 16.3. The van der Waals surface area contributed by atoms with Crippen LogP contribution >= 0.6 is 0 Å². The lowest BCUT2D eigenvalue weighted by Crippen LogP contribution is -1.86. The fourth-order valence-corrected chi connectivity index (χ4v) is 0.803. The van der Waals surface area contributed by atoms with Crippen molar-refractivity contribution in [2.75, 3.05) is 0 Å². The lowest BCUT2D eigenvalue weighted by molar-refractivity contribution is 0.112. The van der Waals surface area contributed by atoms with Crippen molar-refractivity contribution in [1.82, 2.24) is 0 Å². The van der Waals surface area contributed by atoms with Crippen LogP contribution in [0, 0.1) is 12.3 Å². The second kappa shape index (κ2) is 2.89. The molecule has 0 spiro atoms. The molecule has 1 aromatic carbocycles. The first-order valence-corrected chi connectivity index (χ1v) is 3.03. The van der Waals surface area contributed by atoms with Gasteiger partial charge < -0.3 is 5.11 Å². The molecular weight excluding hydrogens is 140 g/mol. The number of hydrogen-bond donors (Lipinski definition) is 1. The Morgan fingerprint density at radius 3 is 2.73 bits per heavy atom. The van der Waals surface area contributed by atoms with Crippen molar-refractivity contribution in [2.24, 2.45) is 0 Å². The fraction of sp³-hybridized carbons (Fsp3) is 0. The molecule has 0 bridgehead atoms. The average molecular weight is 146 g/mol. The Labute approximate surface area is 64.5 Å². The van der Waals surface area contributed by atoms with Crippen LogP contribution in [0.25, 0.3) is 0 Å². The smallest absolute Gasteiger partial charge is 0.155 e. The van der Waals surface area contributed by atoms with Crippen LogP contribution in [0.2, 0.25) is 0 Å². The Hall–Kier alpha value is -1.75. The molecule has 1 rings (SSSR count). The Balaban J connectivity index is 3.38. The van der Waals surface area contributed by atoms with Crippen LogP contribution in [0.1, 0.15) is 15.9 Å². The zero-order valence-corrected chi connectivity index (χ0v) is 5.74. The number of phenolic OH excluding ortho intramolecular Hbond substituents is 1. The molecule has 0 unspecified atom stereocenters. The van der Waals surface area contributed by atoms with Crippen molar-refractivity contribution in [3.63, 3.8) is 0 Å². The molecule has 0 heterocycles. The van der Waals surface area contributed by atoms with Crippen molar-refractivity contribution in [3.8, 4) is 18.1 Å². The molecule has 0 aromatic heterocycles. The Morgan fingerprint density at radius 1 is 1.55 bits per heavy atom. The molecule has 2 nitrogen and oxygen atoms in total. The van der Waals surface area contributed by atoms with Crippen molar-refractivity contribution in [2.45, 2.75) is 0 Å².